The van der Waals surface area contributed by atoms with Crippen LogP contribution in [-0.4, -0.2) is 33.2 Å². The summed E-state index contributed by atoms with van der Waals surface area (Å²) in [6, 6.07) is 3.94. The molecule has 0 aromatic carbocycles. The van der Waals surface area contributed by atoms with Crippen molar-refractivity contribution >= 4 is 27.4 Å². The van der Waals surface area contributed by atoms with Crippen molar-refractivity contribution in [3.05, 3.63) is 35.0 Å². The van der Waals surface area contributed by atoms with Gasteiger partial charge < -0.3 is 10.4 Å². The van der Waals surface area contributed by atoms with Gasteiger partial charge in [-0.2, -0.15) is 0 Å². The Labute approximate surface area is 162 Å². The van der Waals surface area contributed by atoms with E-state index in [4.69, 9.17) is 9.97 Å². The van der Waals surface area contributed by atoms with Crippen molar-refractivity contribution in [3.8, 4) is 11.4 Å². The smallest absolute Gasteiger partial charge is 0.164 e. The highest BCUT2D eigenvalue weighted by molar-refractivity contribution is 7.19. The minimum absolute atomic E-state index is 0.247. The number of aliphatic hydroxyl groups excluding tert-OH is 1. The molecule has 0 unspecified atom stereocenters. The number of rotatable bonds is 6. The van der Waals surface area contributed by atoms with Gasteiger partial charge in [-0.15, -0.1) is 11.3 Å². The molecule has 0 atom stereocenters. The number of fused-ring (bicyclic) bond motifs is 3. The van der Waals surface area contributed by atoms with E-state index in [0.29, 0.717) is 0 Å². The predicted octanol–water partition coefficient (Wildman–Crippen LogP) is 4.21. The minimum Gasteiger partial charge on any atom is -0.396 e. The summed E-state index contributed by atoms with van der Waals surface area (Å²) in [6.45, 7) is 1.13. The van der Waals surface area contributed by atoms with E-state index in [-0.39, 0.29) is 12.0 Å². The van der Waals surface area contributed by atoms with Crippen molar-refractivity contribution in [1.82, 2.24) is 15.0 Å². The van der Waals surface area contributed by atoms with Crippen LogP contribution in [0.1, 0.15) is 42.5 Å². The average Bonchev–Trinajstić information content (AvgIpc) is 3.37. The minimum atomic E-state index is 0.247. The monoisotopic (exact) mass is 380 g/mol. The first-order chi connectivity index (χ1) is 13.3. The summed E-state index contributed by atoms with van der Waals surface area (Å²) in [6.07, 6.45) is 11.6. The average molecular weight is 381 g/mol. The van der Waals surface area contributed by atoms with Crippen molar-refractivity contribution in [2.75, 3.05) is 18.5 Å². The Morgan fingerprint density at radius 3 is 2.85 bits per heavy atom. The zero-order valence-corrected chi connectivity index (χ0v) is 16.2. The first kappa shape index (κ1) is 17.1. The van der Waals surface area contributed by atoms with Gasteiger partial charge in [-0.05, 0) is 68.1 Å². The SMILES string of the molecule is OCCC1(CNc2nc(-c3cccnc3)nc3sc4c(c23)CCCC4)CC1. The van der Waals surface area contributed by atoms with E-state index in [1.54, 1.807) is 6.20 Å². The van der Waals surface area contributed by atoms with Crippen molar-refractivity contribution in [3.63, 3.8) is 0 Å². The third-order valence-corrected chi connectivity index (χ3v) is 7.15. The highest BCUT2D eigenvalue weighted by atomic mass is 32.1. The van der Waals surface area contributed by atoms with E-state index >= 15 is 0 Å². The largest absolute Gasteiger partial charge is 0.396 e. The molecule has 2 aliphatic rings. The maximum absolute atomic E-state index is 9.37. The Morgan fingerprint density at radius 1 is 1.19 bits per heavy atom. The van der Waals surface area contributed by atoms with E-state index in [0.717, 1.165) is 47.8 Å². The summed E-state index contributed by atoms with van der Waals surface area (Å²) in [5, 5.41) is 14.2. The third kappa shape index (κ3) is 3.21. The molecule has 2 N–H and O–H groups in total. The number of hydrogen-bond donors (Lipinski definition) is 2. The fraction of sp³-hybridized carbons (Fsp3) is 0.476. The molecule has 5 rings (SSSR count). The lowest BCUT2D eigenvalue weighted by molar-refractivity contribution is 0.253. The second-order valence-corrected chi connectivity index (χ2v) is 8.94. The summed E-state index contributed by atoms with van der Waals surface area (Å²) < 4.78 is 0. The number of anilines is 1. The molecule has 3 aromatic heterocycles. The number of aliphatic hydroxyl groups is 1. The third-order valence-electron chi connectivity index (χ3n) is 5.96. The molecule has 3 aromatic rings. The number of thiophene rings is 1. The Kier molecular flexibility index (Phi) is 4.32. The van der Waals surface area contributed by atoms with E-state index < -0.39 is 0 Å². The topological polar surface area (TPSA) is 70.9 Å². The first-order valence-corrected chi connectivity index (χ1v) is 10.7. The predicted molar refractivity (Wildman–Crippen MR) is 109 cm³/mol. The molecule has 0 saturated heterocycles. The first-order valence-electron chi connectivity index (χ1n) is 9.85. The fourth-order valence-corrected chi connectivity index (χ4v) is 5.37. The molecule has 0 spiro atoms. The van der Waals surface area contributed by atoms with Crippen molar-refractivity contribution in [2.45, 2.75) is 44.9 Å². The van der Waals surface area contributed by atoms with E-state index in [1.807, 2.05) is 29.7 Å². The van der Waals surface area contributed by atoms with Crippen molar-refractivity contribution < 1.29 is 5.11 Å². The van der Waals surface area contributed by atoms with Gasteiger partial charge >= 0.3 is 0 Å². The van der Waals surface area contributed by atoms with Crippen LogP contribution in [0.25, 0.3) is 21.6 Å². The van der Waals surface area contributed by atoms with E-state index in [2.05, 4.69) is 10.3 Å². The van der Waals surface area contributed by atoms with E-state index in [1.165, 1.54) is 41.5 Å². The van der Waals surface area contributed by atoms with Crippen molar-refractivity contribution in [2.24, 2.45) is 5.41 Å². The molecular weight excluding hydrogens is 356 g/mol. The highest BCUT2D eigenvalue weighted by Crippen LogP contribution is 2.49. The van der Waals surface area contributed by atoms with Crippen LogP contribution in [0.5, 0.6) is 0 Å². The normalized spacial score (nSPS) is 17.7. The number of aromatic nitrogens is 3. The molecular formula is C21H24N4OS. The van der Waals surface area contributed by atoms with Crippen LogP contribution in [0, 0.1) is 5.41 Å². The van der Waals surface area contributed by atoms with Crippen molar-refractivity contribution in [1.29, 1.82) is 0 Å². The van der Waals surface area contributed by atoms with Gasteiger partial charge in [-0.25, -0.2) is 9.97 Å². The molecule has 6 heteroatoms. The lowest BCUT2D eigenvalue weighted by Crippen LogP contribution is -2.18. The highest BCUT2D eigenvalue weighted by Gasteiger charge is 2.41. The van der Waals surface area contributed by atoms with Gasteiger partial charge in [0.25, 0.3) is 0 Å². The molecule has 0 bridgehead atoms. The van der Waals surface area contributed by atoms with E-state index in [9.17, 15) is 5.11 Å². The second-order valence-electron chi connectivity index (χ2n) is 7.86. The molecule has 27 heavy (non-hydrogen) atoms. The lowest BCUT2D eigenvalue weighted by Gasteiger charge is -2.17. The van der Waals surface area contributed by atoms with Gasteiger partial charge in [0.05, 0.1) is 5.39 Å². The summed E-state index contributed by atoms with van der Waals surface area (Å²) in [5.74, 6) is 1.70. The Bertz CT molecular complexity index is 965. The van der Waals surface area contributed by atoms with Gasteiger partial charge in [0, 0.05) is 36.0 Å². The summed E-state index contributed by atoms with van der Waals surface area (Å²) in [4.78, 5) is 16.6. The van der Waals surface area contributed by atoms with Crippen LogP contribution in [0.15, 0.2) is 24.5 Å². The number of nitrogens with zero attached hydrogens (tertiary/aromatic N) is 3. The Hall–Kier alpha value is -2.05. The maximum Gasteiger partial charge on any atom is 0.164 e. The summed E-state index contributed by atoms with van der Waals surface area (Å²) >= 11 is 1.83. The number of pyridine rings is 1. The second kappa shape index (κ2) is 6.84. The molecule has 2 aliphatic carbocycles. The molecule has 3 heterocycles. The van der Waals surface area contributed by atoms with Crippen LogP contribution < -0.4 is 5.32 Å². The van der Waals surface area contributed by atoms with Gasteiger partial charge in [0.1, 0.15) is 10.6 Å². The standard InChI is InChI=1S/C21H24N4OS/c26-11-9-21(7-8-21)13-23-19-17-15-5-1-2-6-16(15)27-20(17)25-18(24-19)14-4-3-10-22-12-14/h3-4,10,12,26H,1-2,5-9,11,13H2,(H,23,24,25). The van der Waals surface area contributed by atoms with Crippen LogP contribution in [0.3, 0.4) is 0 Å². The molecule has 1 fully saturated rings. The maximum atomic E-state index is 9.37. The number of hydrogen-bond acceptors (Lipinski definition) is 6. The molecule has 140 valence electrons. The molecule has 1 saturated carbocycles. The lowest BCUT2D eigenvalue weighted by atomic mass is 9.96. The zero-order chi connectivity index (χ0) is 18.3. The number of nitrogens with one attached hydrogen (secondary N) is 1. The molecule has 5 nitrogen and oxygen atoms in total. The van der Waals surface area contributed by atoms with Crippen LogP contribution in [-0.2, 0) is 12.8 Å². The van der Waals surface area contributed by atoms with Gasteiger partial charge in [0.15, 0.2) is 5.82 Å². The molecule has 0 radical (unpaired) electrons. The van der Waals surface area contributed by atoms with Crippen LogP contribution in [0.4, 0.5) is 5.82 Å². The fourth-order valence-electron chi connectivity index (χ4n) is 4.11. The number of aryl methyl sites for hydroxylation is 2. The molecule has 0 amide bonds. The van der Waals surface area contributed by atoms with Crippen LogP contribution >= 0.6 is 11.3 Å². The van der Waals surface area contributed by atoms with Gasteiger partial charge in [-0.3, -0.25) is 4.98 Å². The summed E-state index contributed by atoms with van der Waals surface area (Å²) in [5.41, 5.74) is 2.65. The van der Waals surface area contributed by atoms with Crippen LogP contribution in [0.2, 0.25) is 0 Å². The van der Waals surface area contributed by atoms with Gasteiger partial charge in [-0.1, -0.05) is 0 Å². The Balaban J connectivity index is 1.58. The quantitative estimate of drug-likeness (QED) is 0.670. The van der Waals surface area contributed by atoms with Gasteiger partial charge in [0.2, 0.25) is 0 Å². The zero-order valence-electron chi connectivity index (χ0n) is 15.4. The Morgan fingerprint density at radius 2 is 2.07 bits per heavy atom. The summed E-state index contributed by atoms with van der Waals surface area (Å²) in [7, 11) is 0. The molecule has 0 aliphatic heterocycles.